The highest BCUT2D eigenvalue weighted by Crippen LogP contribution is 2.01. The number of tetrazole rings is 1. The van der Waals surface area contributed by atoms with Gasteiger partial charge in [0.2, 0.25) is 6.19 Å². The molecule has 0 spiro atoms. The van der Waals surface area contributed by atoms with Gasteiger partial charge < -0.3 is 0 Å². The minimum absolute atomic E-state index is 0.466. The predicted octanol–water partition coefficient (Wildman–Crippen LogP) is 0.201. The van der Waals surface area contributed by atoms with Gasteiger partial charge in [0.15, 0.2) is 5.82 Å². The highest BCUT2D eigenvalue weighted by atomic mass is 15.5. The van der Waals surface area contributed by atoms with Crippen molar-refractivity contribution in [3.8, 4) is 6.19 Å². The van der Waals surface area contributed by atoms with E-state index in [9.17, 15) is 0 Å². The van der Waals surface area contributed by atoms with E-state index in [0.29, 0.717) is 11.7 Å². The van der Waals surface area contributed by atoms with Crippen LogP contribution in [0, 0.1) is 17.4 Å². The molecule has 5 heteroatoms. The van der Waals surface area contributed by atoms with Gasteiger partial charge in [-0.25, -0.2) is 0 Å². The van der Waals surface area contributed by atoms with Gasteiger partial charge >= 0.3 is 0 Å². The molecule has 0 fully saturated rings. The molecule has 0 N–H and O–H groups in total. The van der Waals surface area contributed by atoms with Crippen LogP contribution in [0.2, 0.25) is 0 Å². The van der Waals surface area contributed by atoms with Gasteiger partial charge in [0.1, 0.15) is 0 Å². The topological polar surface area (TPSA) is 67.4 Å². The van der Waals surface area contributed by atoms with Crippen LogP contribution in [0.25, 0.3) is 0 Å². The zero-order valence-electron chi connectivity index (χ0n) is 6.52. The van der Waals surface area contributed by atoms with Crippen molar-refractivity contribution >= 4 is 0 Å². The number of hydrogen-bond acceptors (Lipinski definition) is 4. The van der Waals surface area contributed by atoms with Gasteiger partial charge in [-0.05, 0) is 16.3 Å². The minimum Gasteiger partial charge on any atom is -0.170 e. The maximum absolute atomic E-state index is 8.49. The molecule has 0 aliphatic rings. The number of aromatic nitrogens is 4. The molecule has 0 unspecified atom stereocenters. The SMILES string of the molecule is CC(C)Cc1nnnn1C#N. The Hall–Kier alpha value is -1.44. The lowest BCUT2D eigenvalue weighted by Crippen LogP contribution is -2.03. The Labute approximate surface area is 64.6 Å². The zero-order chi connectivity index (χ0) is 8.27. The van der Waals surface area contributed by atoms with Crippen LogP contribution in [0.3, 0.4) is 0 Å². The van der Waals surface area contributed by atoms with Gasteiger partial charge in [-0.15, -0.1) is 9.78 Å². The molecule has 5 nitrogen and oxygen atoms in total. The van der Waals surface area contributed by atoms with E-state index in [1.165, 1.54) is 0 Å². The van der Waals surface area contributed by atoms with E-state index >= 15 is 0 Å². The van der Waals surface area contributed by atoms with Gasteiger partial charge in [0.05, 0.1) is 0 Å². The van der Waals surface area contributed by atoms with Crippen molar-refractivity contribution in [2.45, 2.75) is 20.3 Å². The first kappa shape index (κ1) is 7.66. The number of nitriles is 1. The quantitative estimate of drug-likeness (QED) is 0.605. The second-order valence-electron chi connectivity index (χ2n) is 2.70. The third-order valence-corrected chi connectivity index (χ3v) is 1.22. The first-order valence-electron chi connectivity index (χ1n) is 3.41. The lowest BCUT2D eigenvalue weighted by molar-refractivity contribution is 0.607. The third-order valence-electron chi connectivity index (χ3n) is 1.22. The molecular weight excluding hydrogens is 142 g/mol. The molecule has 0 aliphatic heterocycles. The molecule has 1 aromatic heterocycles. The van der Waals surface area contributed by atoms with Crippen molar-refractivity contribution < 1.29 is 0 Å². The first-order valence-corrected chi connectivity index (χ1v) is 3.41. The van der Waals surface area contributed by atoms with E-state index < -0.39 is 0 Å². The van der Waals surface area contributed by atoms with E-state index in [2.05, 4.69) is 29.4 Å². The molecule has 1 rings (SSSR count). The van der Waals surface area contributed by atoms with Gasteiger partial charge in [0.25, 0.3) is 0 Å². The molecule has 0 bridgehead atoms. The van der Waals surface area contributed by atoms with Gasteiger partial charge in [-0.2, -0.15) is 5.26 Å². The van der Waals surface area contributed by atoms with Gasteiger partial charge in [-0.3, -0.25) is 0 Å². The molecule has 58 valence electrons. The monoisotopic (exact) mass is 151 g/mol. The van der Waals surface area contributed by atoms with Gasteiger partial charge in [0, 0.05) is 6.42 Å². The summed E-state index contributed by atoms with van der Waals surface area (Å²) in [6.45, 7) is 4.10. The van der Waals surface area contributed by atoms with Crippen molar-refractivity contribution in [3.05, 3.63) is 5.82 Å². The lowest BCUT2D eigenvalue weighted by Gasteiger charge is -1.98. The molecule has 1 aromatic rings. The molecule has 0 saturated heterocycles. The Morgan fingerprint density at radius 3 is 2.91 bits per heavy atom. The average molecular weight is 151 g/mol. The first-order chi connectivity index (χ1) is 5.24. The highest BCUT2D eigenvalue weighted by Gasteiger charge is 2.06. The summed E-state index contributed by atoms with van der Waals surface area (Å²) in [6.07, 6.45) is 2.60. The van der Waals surface area contributed by atoms with Crippen molar-refractivity contribution in [1.82, 2.24) is 20.2 Å². The van der Waals surface area contributed by atoms with Crippen LogP contribution in [0.4, 0.5) is 0 Å². The van der Waals surface area contributed by atoms with Crippen LogP contribution < -0.4 is 0 Å². The predicted molar refractivity (Wildman–Crippen MR) is 37.4 cm³/mol. The molecule has 0 saturated carbocycles. The standard InChI is InChI=1S/C6H9N5/c1-5(2)3-6-8-9-10-11(6)4-7/h5H,3H2,1-2H3. The third kappa shape index (κ3) is 1.74. The molecule has 1 heterocycles. The lowest BCUT2D eigenvalue weighted by atomic mass is 10.1. The fourth-order valence-electron chi connectivity index (χ4n) is 0.776. The average Bonchev–Trinajstić information content (AvgIpc) is 2.34. The fraction of sp³-hybridized carbons (Fsp3) is 0.667. The summed E-state index contributed by atoms with van der Waals surface area (Å²) >= 11 is 0. The summed E-state index contributed by atoms with van der Waals surface area (Å²) in [4.78, 5) is 0. The largest absolute Gasteiger partial charge is 0.209 e. The normalized spacial score (nSPS) is 10.0. The number of rotatable bonds is 2. The smallest absolute Gasteiger partial charge is 0.170 e. The summed E-state index contributed by atoms with van der Waals surface area (Å²) in [7, 11) is 0. The maximum Gasteiger partial charge on any atom is 0.209 e. The van der Waals surface area contributed by atoms with Crippen molar-refractivity contribution in [1.29, 1.82) is 5.26 Å². The molecule has 0 atom stereocenters. The van der Waals surface area contributed by atoms with Crippen LogP contribution in [0.1, 0.15) is 19.7 Å². The summed E-state index contributed by atoms with van der Waals surface area (Å²) in [5.41, 5.74) is 0. The van der Waals surface area contributed by atoms with Crippen LogP contribution in [-0.2, 0) is 6.42 Å². The Morgan fingerprint density at radius 1 is 1.64 bits per heavy atom. The van der Waals surface area contributed by atoms with Crippen LogP contribution >= 0.6 is 0 Å². The summed E-state index contributed by atoms with van der Waals surface area (Å²) in [5.74, 6) is 1.09. The molecular formula is C6H9N5. The maximum atomic E-state index is 8.49. The van der Waals surface area contributed by atoms with E-state index in [1.54, 1.807) is 0 Å². The van der Waals surface area contributed by atoms with Gasteiger partial charge in [-0.1, -0.05) is 13.8 Å². The van der Waals surface area contributed by atoms with Crippen molar-refractivity contribution in [2.75, 3.05) is 0 Å². The number of nitrogens with zero attached hydrogens (tertiary/aromatic N) is 5. The Balaban J connectivity index is 2.79. The molecule has 0 amide bonds. The minimum atomic E-state index is 0.466. The zero-order valence-corrected chi connectivity index (χ0v) is 6.52. The van der Waals surface area contributed by atoms with E-state index in [1.807, 2.05) is 6.19 Å². The van der Waals surface area contributed by atoms with E-state index in [4.69, 9.17) is 5.26 Å². The Morgan fingerprint density at radius 2 is 2.36 bits per heavy atom. The van der Waals surface area contributed by atoms with E-state index in [0.717, 1.165) is 11.1 Å². The van der Waals surface area contributed by atoms with Crippen molar-refractivity contribution in [2.24, 2.45) is 5.92 Å². The molecule has 0 radical (unpaired) electrons. The Bertz CT molecular complexity index is 269. The summed E-state index contributed by atoms with van der Waals surface area (Å²) in [5, 5.41) is 19.1. The second-order valence-corrected chi connectivity index (χ2v) is 2.70. The fourth-order valence-corrected chi connectivity index (χ4v) is 0.776. The molecule has 11 heavy (non-hydrogen) atoms. The van der Waals surface area contributed by atoms with E-state index in [-0.39, 0.29) is 0 Å². The van der Waals surface area contributed by atoms with Crippen LogP contribution in [0.15, 0.2) is 0 Å². The van der Waals surface area contributed by atoms with Crippen molar-refractivity contribution in [3.63, 3.8) is 0 Å². The summed E-state index contributed by atoms with van der Waals surface area (Å²) in [6, 6.07) is 0. The summed E-state index contributed by atoms with van der Waals surface area (Å²) < 4.78 is 1.14. The van der Waals surface area contributed by atoms with Crippen LogP contribution in [-0.4, -0.2) is 20.2 Å². The molecule has 0 aromatic carbocycles. The van der Waals surface area contributed by atoms with Crippen LogP contribution in [0.5, 0.6) is 0 Å². The Kier molecular flexibility index (Phi) is 2.16. The number of hydrogen-bond donors (Lipinski definition) is 0. The second kappa shape index (κ2) is 3.10. The highest BCUT2D eigenvalue weighted by molar-refractivity contribution is 4.90. The molecule has 0 aliphatic carbocycles.